The topological polar surface area (TPSA) is 61.2 Å². The van der Waals surface area contributed by atoms with Crippen LogP contribution in [0.4, 0.5) is 0 Å². The van der Waals surface area contributed by atoms with Crippen LogP contribution >= 0.6 is 11.3 Å². The maximum absolute atomic E-state index is 13.1. The average Bonchev–Trinajstić information content (AvgIpc) is 3.45. The molecular formula is C27H18N2O3S. The first kappa shape index (κ1) is 19.6. The minimum atomic E-state index is -0.218. The van der Waals surface area contributed by atoms with E-state index >= 15 is 0 Å². The molecule has 0 aliphatic heterocycles. The van der Waals surface area contributed by atoms with E-state index < -0.39 is 0 Å². The van der Waals surface area contributed by atoms with E-state index in [1.165, 1.54) is 11.3 Å². The molecule has 5 aromatic rings. The van der Waals surface area contributed by atoms with E-state index in [4.69, 9.17) is 9.72 Å². The van der Waals surface area contributed by atoms with Gasteiger partial charge in [0.25, 0.3) is 0 Å². The molecule has 0 spiro atoms. The van der Waals surface area contributed by atoms with Crippen LogP contribution in [0.2, 0.25) is 0 Å². The summed E-state index contributed by atoms with van der Waals surface area (Å²) in [5.74, 6) is 1.21. The van der Waals surface area contributed by atoms with Gasteiger partial charge in [0.1, 0.15) is 16.4 Å². The van der Waals surface area contributed by atoms with Gasteiger partial charge in [-0.3, -0.25) is 9.59 Å². The number of fused-ring (bicyclic) bond motifs is 3. The zero-order valence-corrected chi connectivity index (χ0v) is 18.8. The van der Waals surface area contributed by atoms with E-state index in [1.54, 1.807) is 13.2 Å². The first-order valence-corrected chi connectivity index (χ1v) is 11.3. The quantitative estimate of drug-likeness (QED) is 0.253. The molecule has 160 valence electrons. The first-order valence-electron chi connectivity index (χ1n) is 10.5. The van der Waals surface area contributed by atoms with Gasteiger partial charge >= 0.3 is 0 Å². The number of nitrogens with zero attached hydrogens (tertiary/aromatic N) is 2. The summed E-state index contributed by atoms with van der Waals surface area (Å²) >= 11 is 1.47. The van der Waals surface area contributed by atoms with Crippen LogP contribution in [-0.2, 0) is 7.05 Å². The lowest BCUT2D eigenvalue weighted by Crippen LogP contribution is -1.99. The summed E-state index contributed by atoms with van der Waals surface area (Å²) in [6.45, 7) is 0. The van der Waals surface area contributed by atoms with Gasteiger partial charge < -0.3 is 9.30 Å². The van der Waals surface area contributed by atoms with Gasteiger partial charge in [0.05, 0.1) is 18.2 Å². The van der Waals surface area contributed by atoms with Crippen molar-refractivity contribution in [2.75, 3.05) is 7.11 Å². The summed E-state index contributed by atoms with van der Waals surface area (Å²) in [6.07, 6.45) is 1.70. The summed E-state index contributed by atoms with van der Waals surface area (Å²) in [7, 11) is 3.61. The minimum absolute atomic E-state index is 0.210. The third-order valence-electron chi connectivity index (χ3n) is 6.10. The molecule has 0 amide bonds. The standard InChI is InChI=1S/C27H18N2O3S/c1-29-23-14-19(33-27(23)28-26(29)15-7-9-18(32-2)10-8-15)13-22-24(30)20-11-16-5-3-4-6-17(16)12-21(20)25(22)31/h3-14H,1-2H3. The Balaban J connectivity index is 1.38. The molecule has 0 fully saturated rings. The van der Waals surface area contributed by atoms with E-state index in [2.05, 4.69) is 0 Å². The number of imidazole rings is 1. The van der Waals surface area contributed by atoms with Crippen molar-refractivity contribution in [2.45, 2.75) is 0 Å². The molecule has 2 heterocycles. The van der Waals surface area contributed by atoms with E-state index in [1.807, 2.05) is 78.3 Å². The van der Waals surface area contributed by atoms with Crippen molar-refractivity contribution >= 4 is 50.1 Å². The molecule has 0 N–H and O–H groups in total. The molecule has 6 rings (SSSR count). The Morgan fingerprint density at radius 2 is 1.55 bits per heavy atom. The van der Waals surface area contributed by atoms with Gasteiger partial charge in [-0.2, -0.15) is 0 Å². The van der Waals surface area contributed by atoms with Crippen molar-refractivity contribution in [3.63, 3.8) is 0 Å². The number of carbonyl (C=O) groups is 2. The lowest BCUT2D eigenvalue weighted by molar-refractivity contribution is 0.0990. The number of methoxy groups -OCH3 is 1. The zero-order valence-electron chi connectivity index (χ0n) is 18.0. The number of rotatable bonds is 3. The second-order valence-electron chi connectivity index (χ2n) is 8.02. The van der Waals surface area contributed by atoms with E-state index in [-0.39, 0.29) is 17.1 Å². The fourth-order valence-electron chi connectivity index (χ4n) is 4.35. The number of aryl methyl sites for hydroxylation is 1. The second-order valence-corrected chi connectivity index (χ2v) is 9.09. The molecule has 0 bridgehead atoms. The smallest absolute Gasteiger partial charge is 0.197 e. The molecule has 5 nitrogen and oxygen atoms in total. The minimum Gasteiger partial charge on any atom is -0.497 e. The number of Topliss-reactive ketones (excluding diaryl/α,β-unsaturated/α-hetero) is 2. The zero-order chi connectivity index (χ0) is 22.7. The number of allylic oxidation sites excluding steroid dienone is 1. The number of thiophene rings is 1. The maximum atomic E-state index is 13.1. The van der Waals surface area contributed by atoms with Crippen LogP contribution in [0, 0.1) is 0 Å². The lowest BCUT2D eigenvalue weighted by Gasteiger charge is -2.04. The van der Waals surface area contributed by atoms with Crippen LogP contribution in [-0.4, -0.2) is 28.2 Å². The van der Waals surface area contributed by atoms with Gasteiger partial charge in [-0.05, 0) is 59.3 Å². The highest BCUT2D eigenvalue weighted by Crippen LogP contribution is 2.35. The molecule has 1 aliphatic rings. The Labute approximate surface area is 193 Å². The highest BCUT2D eigenvalue weighted by atomic mass is 32.1. The molecule has 2 aromatic heterocycles. The summed E-state index contributed by atoms with van der Waals surface area (Å²) in [5, 5.41) is 1.91. The number of aromatic nitrogens is 2. The van der Waals surface area contributed by atoms with Crippen LogP contribution in [0.1, 0.15) is 25.6 Å². The van der Waals surface area contributed by atoms with E-state index in [0.29, 0.717) is 11.1 Å². The molecule has 6 heteroatoms. The third-order valence-corrected chi connectivity index (χ3v) is 7.06. The van der Waals surface area contributed by atoms with Crippen LogP contribution < -0.4 is 4.74 Å². The number of hydrogen-bond acceptors (Lipinski definition) is 5. The summed E-state index contributed by atoms with van der Waals surface area (Å²) in [4.78, 5) is 32.6. The molecule has 33 heavy (non-hydrogen) atoms. The van der Waals surface area contributed by atoms with Gasteiger partial charge in [0.15, 0.2) is 11.6 Å². The Bertz CT molecular complexity index is 1580. The SMILES string of the molecule is COc1ccc(-c2nc3sc(C=C4C(=O)c5cc6ccccc6cc5C4=O)cc3n2C)cc1. The summed E-state index contributed by atoms with van der Waals surface area (Å²) in [6, 6.07) is 21.1. The normalized spacial score (nSPS) is 13.2. The van der Waals surface area contributed by atoms with Gasteiger partial charge in [-0.1, -0.05) is 24.3 Å². The number of hydrogen-bond donors (Lipinski definition) is 0. The first-order chi connectivity index (χ1) is 16.0. The molecule has 1 aliphatic carbocycles. The van der Waals surface area contributed by atoms with Crippen LogP contribution in [0.3, 0.4) is 0 Å². The van der Waals surface area contributed by atoms with Crippen LogP contribution in [0.5, 0.6) is 5.75 Å². The molecule has 0 radical (unpaired) electrons. The molecule has 0 atom stereocenters. The monoisotopic (exact) mass is 450 g/mol. The predicted molar refractivity (Wildman–Crippen MR) is 131 cm³/mol. The number of carbonyl (C=O) groups excluding carboxylic acids is 2. The predicted octanol–water partition coefficient (Wildman–Crippen LogP) is 5.93. The number of ketones is 2. The van der Waals surface area contributed by atoms with E-state index in [0.717, 1.165) is 43.1 Å². The van der Waals surface area contributed by atoms with Crippen LogP contribution in [0.25, 0.3) is 38.6 Å². The Morgan fingerprint density at radius 1 is 0.909 bits per heavy atom. The highest BCUT2D eigenvalue weighted by molar-refractivity contribution is 7.19. The van der Waals surface area contributed by atoms with E-state index in [9.17, 15) is 9.59 Å². The van der Waals surface area contributed by atoms with Gasteiger partial charge in [-0.25, -0.2) is 4.98 Å². The molecular weight excluding hydrogens is 432 g/mol. The van der Waals surface area contributed by atoms with Gasteiger partial charge in [0.2, 0.25) is 0 Å². The Kier molecular flexibility index (Phi) is 4.32. The molecule has 0 saturated carbocycles. The Morgan fingerprint density at radius 3 is 2.12 bits per heavy atom. The van der Waals surface area contributed by atoms with Crippen molar-refractivity contribution < 1.29 is 14.3 Å². The fourth-order valence-corrected chi connectivity index (χ4v) is 5.35. The van der Waals surface area contributed by atoms with Crippen molar-refractivity contribution in [1.82, 2.24) is 9.55 Å². The average molecular weight is 451 g/mol. The molecule has 0 saturated heterocycles. The number of ether oxygens (including phenoxy) is 1. The second kappa shape index (κ2) is 7.25. The largest absolute Gasteiger partial charge is 0.497 e. The van der Waals surface area contributed by atoms with Crippen LogP contribution in [0.15, 0.2) is 72.3 Å². The number of benzene rings is 3. The fraction of sp³-hybridized carbons (Fsp3) is 0.0741. The molecule has 3 aromatic carbocycles. The lowest BCUT2D eigenvalue weighted by atomic mass is 10.0. The molecule has 0 unspecified atom stereocenters. The summed E-state index contributed by atoms with van der Waals surface area (Å²) in [5.41, 5.74) is 3.11. The van der Waals surface area contributed by atoms with Crippen molar-refractivity contribution in [2.24, 2.45) is 7.05 Å². The van der Waals surface area contributed by atoms with Gasteiger partial charge in [-0.15, -0.1) is 11.3 Å². The van der Waals surface area contributed by atoms with Crippen molar-refractivity contribution in [3.8, 4) is 17.1 Å². The maximum Gasteiger partial charge on any atom is 0.197 e. The highest BCUT2D eigenvalue weighted by Gasteiger charge is 2.33. The third kappa shape index (κ3) is 3.02. The summed E-state index contributed by atoms with van der Waals surface area (Å²) < 4.78 is 7.26. The Hall–Kier alpha value is -4.03. The van der Waals surface area contributed by atoms with Crippen molar-refractivity contribution in [1.29, 1.82) is 0 Å². The van der Waals surface area contributed by atoms with Gasteiger partial charge in [0, 0.05) is 28.6 Å². The van der Waals surface area contributed by atoms with Crippen molar-refractivity contribution in [3.05, 3.63) is 88.3 Å².